The number of hydrogen-bond acceptors (Lipinski definition) is 4. The molecule has 1 saturated heterocycles. The van der Waals surface area contributed by atoms with Crippen LogP contribution < -0.4 is 10.2 Å². The van der Waals surface area contributed by atoms with Crippen molar-refractivity contribution in [2.75, 3.05) is 7.11 Å². The zero-order chi connectivity index (χ0) is 23.8. The molecule has 1 aliphatic rings. The van der Waals surface area contributed by atoms with Gasteiger partial charge in [-0.3, -0.25) is 15.0 Å². The number of benzene rings is 3. The fourth-order valence-electron chi connectivity index (χ4n) is 4.14. The normalized spacial score (nSPS) is 17.9. The Morgan fingerprint density at radius 1 is 1.09 bits per heavy atom. The van der Waals surface area contributed by atoms with E-state index in [0.29, 0.717) is 22.2 Å². The van der Waals surface area contributed by atoms with E-state index in [2.05, 4.69) is 10.4 Å². The van der Waals surface area contributed by atoms with Crippen molar-refractivity contribution in [3.05, 3.63) is 89.9 Å². The molecule has 34 heavy (non-hydrogen) atoms. The van der Waals surface area contributed by atoms with Gasteiger partial charge in [0.15, 0.2) is 0 Å². The van der Waals surface area contributed by atoms with Gasteiger partial charge in [-0.05, 0) is 48.4 Å². The number of halogens is 1. The van der Waals surface area contributed by atoms with Crippen LogP contribution >= 0.6 is 11.8 Å². The topological polar surface area (TPSA) is 74.4 Å². The number of hydrogen-bond donors (Lipinski definition) is 2. The highest BCUT2D eigenvalue weighted by atomic mass is 32.2. The van der Waals surface area contributed by atoms with E-state index < -0.39 is 11.7 Å². The van der Waals surface area contributed by atoms with E-state index >= 15 is 0 Å². The van der Waals surface area contributed by atoms with E-state index in [0.717, 1.165) is 11.1 Å². The monoisotopic (exact) mass is 475 g/mol. The second-order valence-electron chi connectivity index (χ2n) is 7.98. The van der Waals surface area contributed by atoms with E-state index in [1.165, 1.54) is 28.9 Å². The molecule has 5 rings (SSSR count). The van der Waals surface area contributed by atoms with Gasteiger partial charge in [0.05, 0.1) is 12.4 Å². The number of fused-ring (bicyclic) bond motifs is 1. The fourth-order valence-corrected chi connectivity index (χ4v) is 5.35. The van der Waals surface area contributed by atoms with E-state index in [1.807, 2.05) is 61.5 Å². The number of aromatic amines is 1. The first-order valence-corrected chi connectivity index (χ1v) is 11.7. The van der Waals surface area contributed by atoms with Crippen LogP contribution in [0.4, 0.5) is 4.39 Å². The van der Waals surface area contributed by atoms with Crippen LogP contribution in [0.3, 0.4) is 0 Å². The third-order valence-corrected chi connectivity index (χ3v) is 7.18. The third kappa shape index (κ3) is 3.90. The number of aromatic nitrogens is 1. The van der Waals surface area contributed by atoms with Gasteiger partial charge in [0, 0.05) is 16.5 Å². The van der Waals surface area contributed by atoms with Gasteiger partial charge in [-0.2, -0.15) is 0 Å². The molecule has 1 fully saturated rings. The van der Waals surface area contributed by atoms with Crippen LogP contribution in [-0.2, 0) is 4.79 Å². The van der Waals surface area contributed by atoms with E-state index in [1.54, 1.807) is 13.2 Å². The molecule has 1 aliphatic heterocycles. The molecule has 0 aliphatic carbocycles. The number of amides is 2. The number of carbonyl (C=O) groups excluding carboxylic acids is 2. The lowest BCUT2D eigenvalue weighted by atomic mass is 10.0. The molecule has 6 nitrogen and oxygen atoms in total. The minimum Gasteiger partial charge on any atom is -0.497 e. The smallest absolute Gasteiger partial charge is 0.287 e. The van der Waals surface area contributed by atoms with Crippen LogP contribution in [0.5, 0.6) is 5.75 Å². The number of carbonyl (C=O) groups is 2. The maximum atomic E-state index is 14.1. The average Bonchev–Trinajstić information content (AvgIpc) is 3.37. The Morgan fingerprint density at radius 3 is 2.53 bits per heavy atom. The van der Waals surface area contributed by atoms with E-state index in [-0.39, 0.29) is 22.2 Å². The summed E-state index contributed by atoms with van der Waals surface area (Å²) in [6, 6.07) is 21.1. The molecule has 2 N–H and O–H groups in total. The Kier molecular flexibility index (Phi) is 5.75. The zero-order valence-corrected chi connectivity index (χ0v) is 19.4. The van der Waals surface area contributed by atoms with Gasteiger partial charge in [0.25, 0.3) is 11.8 Å². The lowest BCUT2D eigenvalue weighted by molar-refractivity contribution is -0.132. The fraction of sp³-hybridized carbons (Fsp3) is 0.154. The van der Waals surface area contributed by atoms with Gasteiger partial charge in [-0.1, -0.05) is 42.5 Å². The number of hydrazine groups is 1. The predicted molar refractivity (Wildman–Crippen MR) is 131 cm³/mol. The highest BCUT2D eigenvalue weighted by molar-refractivity contribution is 8.01. The Hall–Kier alpha value is -3.78. The molecule has 0 saturated carbocycles. The highest BCUT2D eigenvalue weighted by Crippen LogP contribution is 2.42. The van der Waals surface area contributed by atoms with Crippen molar-refractivity contribution in [1.82, 2.24) is 15.4 Å². The van der Waals surface area contributed by atoms with Crippen LogP contribution in [0.2, 0.25) is 0 Å². The van der Waals surface area contributed by atoms with Crippen molar-refractivity contribution >= 4 is 34.5 Å². The minimum absolute atomic E-state index is 0.192. The molecule has 8 heteroatoms. The number of thioether (sulfide) groups is 1. The first kappa shape index (κ1) is 22.0. The van der Waals surface area contributed by atoms with Crippen LogP contribution in [0.25, 0.3) is 22.0 Å². The number of ether oxygens (including phenoxy) is 1. The number of rotatable bonds is 5. The van der Waals surface area contributed by atoms with Gasteiger partial charge in [0.2, 0.25) is 0 Å². The molecule has 2 atom stereocenters. The zero-order valence-electron chi connectivity index (χ0n) is 18.5. The predicted octanol–water partition coefficient (Wildman–Crippen LogP) is 5.29. The summed E-state index contributed by atoms with van der Waals surface area (Å²) in [7, 11) is 1.59. The van der Waals surface area contributed by atoms with Gasteiger partial charge in [0.1, 0.15) is 22.6 Å². The molecule has 2 unspecified atom stereocenters. The second kappa shape index (κ2) is 8.87. The summed E-state index contributed by atoms with van der Waals surface area (Å²) in [5.74, 6) is -0.353. The molecule has 2 heterocycles. The summed E-state index contributed by atoms with van der Waals surface area (Å²) in [5, 5.41) is 1.26. The van der Waals surface area contributed by atoms with Crippen molar-refractivity contribution < 1.29 is 18.7 Å². The molecule has 172 valence electrons. The van der Waals surface area contributed by atoms with Crippen molar-refractivity contribution in [1.29, 1.82) is 0 Å². The maximum absolute atomic E-state index is 14.1. The first-order chi connectivity index (χ1) is 16.5. The lowest BCUT2D eigenvalue weighted by Gasteiger charge is -2.24. The lowest BCUT2D eigenvalue weighted by Crippen LogP contribution is -2.45. The Bertz CT molecular complexity index is 1370. The maximum Gasteiger partial charge on any atom is 0.287 e. The average molecular weight is 476 g/mol. The van der Waals surface area contributed by atoms with Crippen molar-refractivity contribution in [2.45, 2.75) is 17.5 Å². The molecule has 3 aromatic carbocycles. The SMILES string of the molecule is COc1ccc(C2SC(C)C(=O)N2NC(=O)c2[nH]c3ccc(F)cc3c2-c2ccccc2)cc1. The summed E-state index contributed by atoms with van der Waals surface area (Å²) in [6.45, 7) is 1.82. The molecule has 0 bridgehead atoms. The van der Waals surface area contributed by atoms with Crippen LogP contribution in [0.1, 0.15) is 28.3 Å². The standard InChI is InChI=1S/C26H22FN3O3S/c1-15-25(32)30(26(34-15)17-8-11-19(33-2)12-9-17)29-24(31)23-22(16-6-4-3-5-7-16)20-14-18(27)10-13-21(20)28-23/h3-15,26,28H,1-2H3,(H,29,31). The van der Waals surface area contributed by atoms with Crippen molar-refractivity contribution in [2.24, 2.45) is 0 Å². The number of nitrogens with zero attached hydrogens (tertiary/aromatic N) is 1. The molecule has 0 spiro atoms. The second-order valence-corrected chi connectivity index (χ2v) is 9.41. The molecule has 2 amide bonds. The summed E-state index contributed by atoms with van der Waals surface area (Å²) in [6.07, 6.45) is 0. The third-order valence-electron chi connectivity index (χ3n) is 5.83. The van der Waals surface area contributed by atoms with E-state index in [9.17, 15) is 14.0 Å². The molecule has 1 aromatic heterocycles. The molecule has 0 radical (unpaired) electrons. The molecule has 4 aromatic rings. The summed E-state index contributed by atoms with van der Waals surface area (Å²) < 4.78 is 19.3. The first-order valence-electron chi connectivity index (χ1n) is 10.8. The van der Waals surface area contributed by atoms with Crippen LogP contribution in [0, 0.1) is 5.82 Å². The van der Waals surface area contributed by atoms with Crippen LogP contribution in [-0.4, -0.2) is 34.2 Å². The Balaban J connectivity index is 1.53. The summed E-state index contributed by atoms with van der Waals surface area (Å²) >= 11 is 1.45. The van der Waals surface area contributed by atoms with Gasteiger partial charge in [-0.15, -0.1) is 11.8 Å². The van der Waals surface area contributed by atoms with Crippen molar-refractivity contribution in [3.63, 3.8) is 0 Å². The molecular formula is C26H22FN3O3S. The van der Waals surface area contributed by atoms with Gasteiger partial charge >= 0.3 is 0 Å². The van der Waals surface area contributed by atoms with Crippen LogP contribution in [0.15, 0.2) is 72.8 Å². The number of nitrogens with one attached hydrogen (secondary N) is 2. The molecular weight excluding hydrogens is 453 g/mol. The quantitative estimate of drug-likeness (QED) is 0.411. The van der Waals surface area contributed by atoms with Gasteiger partial charge in [-0.25, -0.2) is 9.40 Å². The number of methoxy groups -OCH3 is 1. The Labute approximate surface area is 200 Å². The summed E-state index contributed by atoms with van der Waals surface area (Å²) in [5.41, 5.74) is 5.92. The largest absolute Gasteiger partial charge is 0.497 e. The van der Waals surface area contributed by atoms with E-state index in [4.69, 9.17) is 4.74 Å². The minimum atomic E-state index is -0.475. The summed E-state index contributed by atoms with van der Waals surface area (Å²) in [4.78, 5) is 29.6. The van der Waals surface area contributed by atoms with Gasteiger partial charge < -0.3 is 9.72 Å². The van der Waals surface area contributed by atoms with Crippen molar-refractivity contribution in [3.8, 4) is 16.9 Å². The Morgan fingerprint density at radius 2 is 1.82 bits per heavy atom. The number of H-pyrrole nitrogens is 1. The highest BCUT2D eigenvalue weighted by Gasteiger charge is 2.40.